The van der Waals surface area contributed by atoms with Crippen LogP contribution in [0.4, 0.5) is 0 Å². The Hall–Kier alpha value is -1.06. The molecule has 14 heavy (non-hydrogen) atoms. The minimum Gasteiger partial charge on any atom is -0.441 e. The van der Waals surface area contributed by atoms with Gasteiger partial charge < -0.3 is 9.15 Å². The van der Waals surface area contributed by atoms with Crippen LogP contribution in [0.5, 0.6) is 0 Å². The molecule has 2 aromatic rings. The maximum absolute atomic E-state index is 5.83. The van der Waals surface area contributed by atoms with Crippen molar-refractivity contribution in [2.24, 2.45) is 0 Å². The van der Waals surface area contributed by atoms with E-state index in [1.54, 1.807) is 19.2 Å². The SMILES string of the molecule is COCCc1nc2cc(Cl)ccc2o1. The topological polar surface area (TPSA) is 35.3 Å². The van der Waals surface area contributed by atoms with Crippen molar-refractivity contribution in [2.75, 3.05) is 13.7 Å². The number of ether oxygens (including phenoxy) is 1. The van der Waals surface area contributed by atoms with Crippen LogP contribution in [-0.4, -0.2) is 18.7 Å². The van der Waals surface area contributed by atoms with Gasteiger partial charge in [-0.1, -0.05) is 11.6 Å². The zero-order chi connectivity index (χ0) is 9.97. The summed E-state index contributed by atoms with van der Waals surface area (Å²) in [4.78, 5) is 4.28. The second kappa shape index (κ2) is 3.98. The number of hydrogen-bond acceptors (Lipinski definition) is 3. The van der Waals surface area contributed by atoms with E-state index in [4.69, 9.17) is 20.8 Å². The molecular formula is C10H10ClNO2. The predicted molar refractivity (Wildman–Crippen MR) is 54.6 cm³/mol. The van der Waals surface area contributed by atoms with Crippen LogP contribution in [0.2, 0.25) is 5.02 Å². The Morgan fingerprint density at radius 2 is 2.36 bits per heavy atom. The van der Waals surface area contributed by atoms with Gasteiger partial charge in [-0.15, -0.1) is 0 Å². The molecule has 0 saturated heterocycles. The van der Waals surface area contributed by atoms with Gasteiger partial charge in [-0.3, -0.25) is 0 Å². The molecule has 74 valence electrons. The molecule has 0 bridgehead atoms. The van der Waals surface area contributed by atoms with Crippen molar-refractivity contribution >= 4 is 22.7 Å². The summed E-state index contributed by atoms with van der Waals surface area (Å²) in [5.41, 5.74) is 1.56. The maximum Gasteiger partial charge on any atom is 0.197 e. The van der Waals surface area contributed by atoms with Crippen LogP contribution < -0.4 is 0 Å². The summed E-state index contributed by atoms with van der Waals surface area (Å²) in [6.07, 6.45) is 0.683. The Balaban J connectivity index is 2.32. The van der Waals surface area contributed by atoms with Crippen LogP contribution in [0.3, 0.4) is 0 Å². The molecule has 0 amide bonds. The molecule has 0 N–H and O–H groups in total. The molecular weight excluding hydrogens is 202 g/mol. The number of oxazole rings is 1. The lowest BCUT2D eigenvalue weighted by Crippen LogP contribution is -1.93. The highest BCUT2D eigenvalue weighted by molar-refractivity contribution is 6.31. The Labute approximate surface area is 86.6 Å². The fourth-order valence-corrected chi connectivity index (χ4v) is 1.41. The van der Waals surface area contributed by atoms with E-state index in [0.717, 1.165) is 11.1 Å². The largest absolute Gasteiger partial charge is 0.441 e. The van der Waals surface area contributed by atoms with Gasteiger partial charge >= 0.3 is 0 Å². The van der Waals surface area contributed by atoms with Crippen LogP contribution in [0.25, 0.3) is 11.1 Å². The Morgan fingerprint density at radius 3 is 3.14 bits per heavy atom. The first-order valence-electron chi connectivity index (χ1n) is 4.33. The van der Waals surface area contributed by atoms with Gasteiger partial charge in [-0.25, -0.2) is 4.98 Å². The summed E-state index contributed by atoms with van der Waals surface area (Å²) < 4.78 is 10.4. The number of aromatic nitrogens is 1. The molecule has 4 heteroatoms. The average Bonchev–Trinajstić information content (AvgIpc) is 2.56. The van der Waals surface area contributed by atoms with E-state index in [9.17, 15) is 0 Å². The molecule has 0 aliphatic rings. The van der Waals surface area contributed by atoms with Gasteiger partial charge in [0.1, 0.15) is 5.52 Å². The Morgan fingerprint density at radius 1 is 1.50 bits per heavy atom. The zero-order valence-corrected chi connectivity index (χ0v) is 8.54. The summed E-state index contributed by atoms with van der Waals surface area (Å²) >= 11 is 5.83. The van der Waals surface area contributed by atoms with E-state index >= 15 is 0 Å². The molecule has 1 heterocycles. The summed E-state index contributed by atoms with van der Waals surface area (Å²) in [5, 5.41) is 0.670. The average molecular weight is 212 g/mol. The molecule has 3 nitrogen and oxygen atoms in total. The first kappa shape index (κ1) is 9.49. The van der Waals surface area contributed by atoms with Crippen molar-refractivity contribution in [2.45, 2.75) is 6.42 Å². The molecule has 0 radical (unpaired) electrons. The number of methoxy groups -OCH3 is 1. The van der Waals surface area contributed by atoms with E-state index < -0.39 is 0 Å². The third-order valence-corrected chi connectivity index (χ3v) is 2.15. The van der Waals surface area contributed by atoms with Crippen LogP contribution in [0.1, 0.15) is 5.89 Å². The summed E-state index contributed by atoms with van der Waals surface area (Å²) in [5.74, 6) is 0.684. The van der Waals surface area contributed by atoms with Gasteiger partial charge in [0.25, 0.3) is 0 Å². The van der Waals surface area contributed by atoms with E-state index in [1.807, 2.05) is 6.07 Å². The van der Waals surface area contributed by atoms with E-state index in [-0.39, 0.29) is 0 Å². The molecule has 0 aliphatic heterocycles. The molecule has 0 atom stereocenters. The van der Waals surface area contributed by atoms with Crippen LogP contribution >= 0.6 is 11.6 Å². The van der Waals surface area contributed by atoms with Gasteiger partial charge in [-0.05, 0) is 18.2 Å². The molecule has 0 unspecified atom stereocenters. The van der Waals surface area contributed by atoms with Crippen LogP contribution in [-0.2, 0) is 11.2 Å². The van der Waals surface area contributed by atoms with Gasteiger partial charge in [0, 0.05) is 18.6 Å². The Kier molecular flexibility index (Phi) is 2.70. The molecule has 0 spiro atoms. The van der Waals surface area contributed by atoms with Crippen molar-refractivity contribution in [3.05, 3.63) is 29.1 Å². The third-order valence-electron chi connectivity index (χ3n) is 1.91. The van der Waals surface area contributed by atoms with Crippen LogP contribution in [0.15, 0.2) is 22.6 Å². The third kappa shape index (κ3) is 1.89. The van der Waals surface area contributed by atoms with E-state index in [1.165, 1.54) is 0 Å². The molecule has 1 aromatic carbocycles. The smallest absolute Gasteiger partial charge is 0.197 e. The molecule has 2 rings (SSSR count). The molecule has 0 aliphatic carbocycles. The minimum atomic E-state index is 0.612. The first-order chi connectivity index (χ1) is 6.79. The molecule has 0 fully saturated rings. The fourth-order valence-electron chi connectivity index (χ4n) is 1.24. The van der Waals surface area contributed by atoms with E-state index in [0.29, 0.717) is 23.9 Å². The van der Waals surface area contributed by atoms with E-state index in [2.05, 4.69) is 4.98 Å². The Bertz CT molecular complexity index is 439. The highest BCUT2D eigenvalue weighted by Crippen LogP contribution is 2.19. The lowest BCUT2D eigenvalue weighted by atomic mass is 10.3. The van der Waals surface area contributed by atoms with Gasteiger partial charge in [0.2, 0.25) is 0 Å². The number of hydrogen-bond donors (Lipinski definition) is 0. The highest BCUT2D eigenvalue weighted by atomic mass is 35.5. The van der Waals surface area contributed by atoms with Crippen LogP contribution in [0, 0.1) is 0 Å². The van der Waals surface area contributed by atoms with Gasteiger partial charge in [0.15, 0.2) is 11.5 Å². The van der Waals surface area contributed by atoms with Crippen molar-refractivity contribution < 1.29 is 9.15 Å². The highest BCUT2D eigenvalue weighted by Gasteiger charge is 2.05. The first-order valence-corrected chi connectivity index (χ1v) is 4.71. The second-order valence-corrected chi connectivity index (χ2v) is 3.40. The maximum atomic E-state index is 5.83. The summed E-state index contributed by atoms with van der Waals surface area (Å²) in [6.45, 7) is 0.612. The van der Waals surface area contributed by atoms with Crippen molar-refractivity contribution in [1.29, 1.82) is 0 Å². The van der Waals surface area contributed by atoms with Crippen molar-refractivity contribution in [1.82, 2.24) is 4.98 Å². The molecule has 1 aromatic heterocycles. The number of nitrogens with zero attached hydrogens (tertiary/aromatic N) is 1. The van der Waals surface area contributed by atoms with Crippen molar-refractivity contribution in [3.63, 3.8) is 0 Å². The summed E-state index contributed by atoms with van der Waals surface area (Å²) in [7, 11) is 1.65. The number of rotatable bonds is 3. The van der Waals surface area contributed by atoms with Gasteiger partial charge in [-0.2, -0.15) is 0 Å². The minimum absolute atomic E-state index is 0.612. The monoisotopic (exact) mass is 211 g/mol. The quantitative estimate of drug-likeness (QED) is 0.783. The standard InChI is InChI=1S/C10H10ClNO2/c1-13-5-4-10-12-8-6-7(11)2-3-9(8)14-10/h2-3,6H,4-5H2,1H3. The number of benzene rings is 1. The predicted octanol–water partition coefficient (Wildman–Crippen LogP) is 2.67. The van der Waals surface area contributed by atoms with Gasteiger partial charge in [0.05, 0.1) is 6.61 Å². The number of halogens is 1. The fraction of sp³-hybridized carbons (Fsp3) is 0.300. The lowest BCUT2D eigenvalue weighted by molar-refractivity contribution is 0.196. The zero-order valence-electron chi connectivity index (χ0n) is 7.79. The summed E-state index contributed by atoms with van der Waals surface area (Å²) in [6, 6.07) is 5.40. The number of fused-ring (bicyclic) bond motifs is 1. The normalized spacial score (nSPS) is 11.0. The lowest BCUT2D eigenvalue weighted by Gasteiger charge is -1.91. The molecule has 0 saturated carbocycles. The second-order valence-electron chi connectivity index (χ2n) is 2.96. The van der Waals surface area contributed by atoms with Crippen molar-refractivity contribution in [3.8, 4) is 0 Å².